The zero-order valence-electron chi connectivity index (χ0n) is 16.3. The summed E-state index contributed by atoms with van der Waals surface area (Å²) in [6.45, 7) is 2.22. The van der Waals surface area contributed by atoms with E-state index in [1.807, 2.05) is 43.3 Å². The van der Waals surface area contributed by atoms with Gasteiger partial charge in [-0.05, 0) is 32.3 Å². The van der Waals surface area contributed by atoms with Crippen LogP contribution in [-0.4, -0.2) is 91.0 Å². The topological polar surface area (TPSA) is 108 Å². The van der Waals surface area contributed by atoms with Crippen LogP contribution < -0.4 is 4.74 Å². The van der Waals surface area contributed by atoms with Gasteiger partial charge in [-0.25, -0.2) is 0 Å². The average Bonchev–Trinajstić information content (AvgIpc) is 3.18. The molecule has 152 valence electrons. The summed E-state index contributed by atoms with van der Waals surface area (Å²) < 4.78 is 10.8. The summed E-state index contributed by atoms with van der Waals surface area (Å²) >= 11 is 0. The van der Waals surface area contributed by atoms with Crippen molar-refractivity contribution in [1.29, 1.82) is 0 Å². The fraction of sp³-hybridized carbons (Fsp3) is 0.421. The molecule has 1 aromatic carbocycles. The number of benzene rings is 1. The van der Waals surface area contributed by atoms with E-state index in [2.05, 4.69) is 15.1 Å². The number of hydrogen-bond acceptors (Lipinski definition) is 6. The zero-order valence-corrected chi connectivity index (χ0v) is 16.3. The Bertz CT molecular complexity index is 777. The Morgan fingerprint density at radius 2 is 2.21 bits per heavy atom. The van der Waals surface area contributed by atoms with Crippen LogP contribution in [0.1, 0.15) is 10.5 Å². The summed E-state index contributed by atoms with van der Waals surface area (Å²) in [6.07, 6.45) is 0. The molecule has 1 aromatic heterocycles. The van der Waals surface area contributed by atoms with Gasteiger partial charge in [-0.15, -0.1) is 0 Å². The van der Waals surface area contributed by atoms with Crippen LogP contribution in [0.3, 0.4) is 0 Å². The lowest BCUT2D eigenvalue weighted by atomic mass is 10.1. The smallest absolute Gasteiger partial charge is 0.290 e. The molecule has 3 rings (SSSR count). The number of nitrogens with one attached hydrogen (secondary N) is 1. The van der Waals surface area contributed by atoms with Crippen molar-refractivity contribution < 1.29 is 24.2 Å². The number of aromatic nitrogens is 2. The monoisotopic (exact) mass is 390 g/mol. The van der Waals surface area contributed by atoms with Gasteiger partial charge in [-0.2, -0.15) is 5.10 Å². The molecular weight excluding hydrogens is 364 g/mol. The number of methoxy groups -OCH3 is 1. The highest BCUT2D eigenvalue weighted by Crippen LogP contribution is 2.23. The lowest BCUT2D eigenvalue weighted by Gasteiger charge is -2.36. The van der Waals surface area contributed by atoms with Crippen molar-refractivity contribution in [2.45, 2.75) is 6.04 Å². The molecule has 9 nitrogen and oxygen atoms in total. The van der Waals surface area contributed by atoms with Gasteiger partial charge in [0.1, 0.15) is 11.4 Å². The SMILES string of the molecule is COc1cccc(-c2cc(C(=O)N3CCOCC3CN(C)C)[nH]n2)c1.O=CO. The van der Waals surface area contributed by atoms with Crippen molar-refractivity contribution in [2.75, 3.05) is 47.5 Å². The molecule has 9 heteroatoms. The van der Waals surface area contributed by atoms with Crippen LogP contribution in [0, 0.1) is 0 Å². The summed E-state index contributed by atoms with van der Waals surface area (Å²) in [6, 6.07) is 9.45. The van der Waals surface area contributed by atoms with Gasteiger partial charge in [0.25, 0.3) is 12.4 Å². The highest BCUT2D eigenvalue weighted by Gasteiger charge is 2.29. The Morgan fingerprint density at radius 1 is 1.46 bits per heavy atom. The summed E-state index contributed by atoms with van der Waals surface area (Å²) in [4.78, 5) is 25.2. The molecule has 28 heavy (non-hydrogen) atoms. The maximum Gasteiger partial charge on any atom is 0.290 e. The van der Waals surface area contributed by atoms with Gasteiger partial charge >= 0.3 is 0 Å². The molecule has 0 bridgehead atoms. The van der Waals surface area contributed by atoms with Crippen LogP contribution in [-0.2, 0) is 9.53 Å². The molecule has 1 aliphatic rings. The van der Waals surface area contributed by atoms with Crippen molar-refractivity contribution in [3.8, 4) is 17.0 Å². The minimum atomic E-state index is -0.250. The standard InChI is InChI=1S/C18H24N4O3.CH2O2/c1-21(2)11-14-12-25-8-7-22(14)18(23)17-10-16(19-20-17)13-5-4-6-15(9-13)24-3;2-1-3/h4-6,9-10,14H,7-8,11-12H2,1-3H3,(H,19,20);1H,(H,2,3). The number of aromatic amines is 1. The van der Waals surface area contributed by atoms with E-state index < -0.39 is 0 Å². The van der Waals surface area contributed by atoms with Crippen LogP contribution in [0.5, 0.6) is 5.75 Å². The van der Waals surface area contributed by atoms with E-state index in [0.717, 1.165) is 23.6 Å². The highest BCUT2D eigenvalue weighted by molar-refractivity contribution is 5.93. The predicted octanol–water partition coefficient (Wildman–Crippen LogP) is 1.19. The van der Waals surface area contributed by atoms with Crippen molar-refractivity contribution in [1.82, 2.24) is 20.0 Å². The largest absolute Gasteiger partial charge is 0.497 e. The van der Waals surface area contributed by atoms with E-state index in [-0.39, 0.29) is 18.4 Å². The molecule has 0 saturated carbocycles. The number of carboxylic acid groups (broad SMARTS) is 1. The van der Waals surface area contributed by atoms with Crippen molar-refractivity contribution in [2.24, 2.45) is 0 Å². The third-order valence-corrected chi connectivity index (χ3v) is 4.24. The molecule has 1 unspecified atom stereocenters. The molecule has 1 saturated heterocycles. The Morgan fingerprint density at radius 3 is 2.89 bits per heavy atom. The second-order valence-electron chi connectivity index (χ2n) is 6.49. The number of carbonyl (C=O) groups excluding carboxylic acids is 1. The summed E-state index contributed by atoms with van der Waals surface area (Å²) in [5.41, 5.74) is 2.12. The molecule has 1 fully saturated rings. The number of hydrogen-bond donors (Lipinski definition) is 2. The molecule has 2 N–H and O–H groups in total. The average molecular weight is 390 g/mol. The number of carbonyl (C=O) groups is 2. The first-order valence-electron chi connectivity index (χ1n) is 8.81. The molecule has 2 aromatic rings. The van der Waals surface area contributed by atoms with E-state index in [0.29, 0.717) is 25.5 Å². The Hall–Kier alpha value is -2.91. The minimum Gasteiger partial charge on any atom is -0.497 e. The molecular formula is C19H26N4O5. The lowest BCUT2D eigenvalue weighted by Crippen LogP contribution is -2.52. The molecule has 1 amide bonds. The zero-order chi connectivity index (χ0) is 20.5. The fourth-order valence-electron chi connectivity index (χ4n) is 3.01. The molecule has 1 atom stereocenters. The van der Waals surface area contributed by atoms with E-state index in [9.17, 15) is 4.79 Å². The molecule has 2 heterocycles. The maximum atomic E-state index is 12.9. The first-order chi connectivity index (χ1) is 13.5. The first kappa shape index (κ1) is 21.4. The lowest BCUT2D eigenvalue weighted by molar-refractivity contribution is -0.122. The summed E-state index contributed by atoms with van der Waals surface area (Å²) in [5.74, 6) is 0.712. The molecule has 0 aliphatic carbocycles. The highest BCUT2D eigenvalue weighted by atomic mass is 16.5. The molecule has 0 radical (unpaired) electrons. The number of likely N-dealkylation sites (N-methyl/N-ethyl adjacent to an activating group) is 1. The van der Waals surface area contributed by atoms with Gasteiger partial charge in [0, 0.05) is 18.7 Å². The van der Waals surface area contributed by atoms with E-state index in [4.69, 9.17) is 19.4 Å². The Balaban J connectivity index is 0.000000878. The van der Waals surface area contributed by atoms with Crippen LogP contribution in [0.2, 0.25) is 0 Å². The van der Waals surface area contributed by atoms with Crippen molar-refractivity contribution in [3.63, 3.8) is 0 Å². The van der Waals surface area contributed by atoms with Crippen LogP contribution in [0.15, 0.2) is 30.3 Å². The Kier molecular flexibility index (Phi) is 7.97. The first-order valence-corrected chi connectivity index (χ1v) is 8.81. The van der Waals surface area contributed by atoms with E-state index in [1.54, 1.807) is 13.2 Å². The number of amides is 1. The second-order valence-corrected chi connectivity index (χ2v) is 6.49. The fourth-order valence-corrected chi connectivity index (χ4v) is 3.01. The predicted molar refractivity (Wildman–Crippen MR) is 103 cm³/mol. The normalized spacial score (nSPS) is 16.3. The number of rotatable bonds is 5. The number of H-pyrrole nitrogens is 1. The van der Waals surface area contributed by atoms with Gasteiger partial charge in [0.2, 0.25) is 0 Å². The van der Waals surface area contributed by atoms with E-state index in [1.165, 1.54) is 0 Å². The van der Waals surface area contributed by atoms with Gasteiger partial charge in [-0.1, -0.05) is 12.1 Å². The minimum absolute atomic E-state index is 0.0415. The maximum absolute atomic E-state index is 12.9. The van der Waals surface area contributed by atoms with Gasteiger partial charge in [0.05, 0.1) is 32.1 Å². The number of morpholine rings is 1. The summed E-state index contributed by atoms with van der Waals surface area (Å²) in [5, 5.41) is 14.1. The quantitative estimate of drug-likeness (QED) is 0.738. The molecule has 0 spiro atoms. The second kappa shape index (κ2) is 10.4. The molecule has 1 aliphatic heterocycles. The summed E-state index contributed by atoms with van der Waals surface area (Å²) in [7, 11) is 5.62. The number of ether oxygens (including phenoxy) is 2. The van der Waals surface area contributed by atoms with E-state index >= 15 is 0 Å². The third-order valence-electron chi connectivity index (χ3n) is 4.24. The van der Waals surface area contributed by atoms with Crippen LogP contribution in [0.4, 0.5) is 0 Å². The van der Waals surface area contributed by atoms with Crippen molar-refractivity contribution >= 4 is 12.4 Å². The van der Waals surface area contributed by atoms with Gasteiger partial charge in [0.15, 0.2) is 0 Å². The van der Waals surface area contributed by atoms with Crippen LogP contribution >= 0.6 is 0 Å². The Labute approximate surface area is 163 Å². The van der Waals surface area contributed by atoms with Crippen LogP contribution in [0.25, 0.3) is 11.3 Å². The van der Waals surface area contributed by atoms with Gasteiger partial charge in [-0.3, -0.25) is 14.7 Å². The number of nitrogens with zero attached hydrogens (tertiary/aromatic N) is 3. The van der Waals surface area contributed by atoms with Crippen molar-refractivity contribution in [3.05, 3.63) is 36.0 Å². The van der Waals surface area contributed by atoms with Gasteiger partial charge < -0.3 is 24.4 Å². The third kappa shape index (κ3) is 5.54.